The first-order chi connectivity index (χ1) is 12.2. The molecule has 1 amide bonds. The average Bonchev–Trinajstić information content (AvgIpc) is 2.66. The lowest BCUT2D eigenvalue weighted by molar-refractivity contribution is 0.0940. The molecule has 0 saturated heterocycles. The molecule has 3 rings (SSSR count). The monoisotopic (exact) mass is 331 g/mol. The lowest BCUT2D eigenvalue weighted by atomic mass is 9.99. The van der Waals surface area contributed by atoms with Gasteiger partial charge in [-0.2, -0.15) is 0 Å². The normalized spacial score (nSPS) is 11.7. The van der Waals surface area contributed by atoms with Gasteiger partial charge in [0.2, 0.25) is 0 Å². The van der Waals surface area contributed by atoms with Crippen LogP contribution in [-0.2, 0) is 0 Å². The van der Waals surface area contributed by atoms with E-state index in [2.05, 4.69) is 36.2 Å². The van der Waals surface area contributed by atoms with Crippen molar-refractivity contribution in [3.63, 3.8) is 0 Å². The number of fused-ring (bicyclic) bond motifs is 1. The fourth-order valence-corrected chi connectivity index (χ4v) is 2.84. The standard InChI is InChI=1S/C22H21NO2/c1-3-15-25-19-13-11-18(12-14-19)22(24)23-16(2)20-10-6-8-17-7-4-5-9-21(17)20/h3-14,16H,1,15H2,2H3,(H,23,24). The first kappa shape index (κ1) is 16.8. The summed E-state index contributed by atoms with van der Waals surface area (Å²) in [5, 5.41) is 5.40. The lowest BCUT2D eigenvalue weighted by Crippen LogP contribution is -2.26. The Hall–Kier alpha value is -3.07. The van der Waals surface area contributed by atoms with E-state index in [0.717, 1.165) is 16.7 Å². The van der Waals surface area contributed by atoms with E-state index in [-0.39, 0.29) is 11.9 Å². The summed E-state index contributed by atoms with van der Waals surface area (Å²) in [5.74, 6) is 0.620. The third kappa shape index (κ3) is 3.89. The number of rotatable bonds is 6. The minimum Gasteiger partial charge on any atom is -0.490 e. The molecule has 3 aromatic carbocycles. The first-order valence-electron chi connectivity index (χ1n) is 8.31. The van der Waals surface area contributed by atoms with Gasteiger partial charge in [-0.1, -0.05) is 55.1 Å². The van der Waals surface area contributed by atoms with Crippen LogP contribution in [-0.4, -0.2) is 12.5 Å². The molecule has 0 fully saturated rings. The third-order valence-corrected chi connectivity index (χ3v) is 4.12. The number of carbonyl (C=O) groups excluding carboxylic acids is 1. The number of amides is 1. The van der Waals surface area contributed by atoms with E-state index in [1.807, 2.05) is 25.1 Å². The number of carbonyl (C=O) groups is 1. The van der Waals surface area contributed by atoms with Gasteiger partial charge in [0.05, 0.1) is 6.04 Å². The smallest absolute Gasteiger partial charge is 0.251 e. The minimum absolute atomic E-state index is 0.0877. The van der Waals surface area contributed by atoms with Gasteiger partial charge in [0.25, 0.3) is 5.91 Å². The van der Waals surface area contributed by atoms with Crippen LogP contribution >= 0.6 is 0 Å². The Morgan fingerprint density at radius 3 is 2.56 bits per heavy atom. The Bertz CT molecular complexity index is 879. The van der Waals surface area contributed by atoms with Gasteiger partial charge in [-0.3, -0.25) is 4.79 Å². The van der Waals surface area contributed by atoms with Crippen molar-refractivity contribution in [3.8, 4) is 5.75 Å². The van der Waals surface area contributed by atoms with Crippen molar-refractivity contribution >= 4 is 16.7 Å². The van der Waals surface area contributed by atoms with E-state index in [1.165, 1.54) is 5.39 Å². The van der Waals surface area contributed by atoms with Crippen molar-refractivity contribution in [1.82, 2.24) is 5.32 Å². The van der Waals surface area contributed by atoms with Gasteiger partial charge in [-0.25, -0.2) is 0 Å². The third-order valence-electron chi connectivity index (χ3n) is 4.12. The highest BCUT2D eigenvalue weighted by atomic mass is 16.5. The SMILES string of the molecule is C=CCOc1ccc(C(=O)NC(C)c2cccc3ccccc23)cc1. The van der Waals surface area contributed by atoms with Gasteiger partial charge in [-0.05, 0) is 47.5 Å². The fraction of sp³-hybridized carbons (Fsp3) is 0.136. The molecule has 0 bridgehead atoms. The molecule has 0 radical (unpaired) electrons. The Morgan fingerprint density at radius 2 is 1.80 bits per heavy atom. The second-order valence-corrected chi connectivity index (χ2v) is 5.89. The molecule has 0 aliphatic rings. The maximum absolute atomic E-state index is 12.5. The molecule has 3 nitrogen and oxygen atoms in total. The summed E-state index contributed by atoms with van der Waals surface area (Å²) in [4.78, 5) is 12.5. The van der Waals surface area contributed by atoms with Crippen molar-refractivity contribution in [2.75, 3.05) is 6.61 Å². The Morgan fingerprint density at radius 1 is 1.08 bits per heavy atom. The summed E-state index contributed by atoms with van der Waals surface area (Å²) in [6.45, 7) is 6.06. The van der Waals surface area contributed by atoms with Gasteiger partial charge in [0.15, 0.2) is 0 Å². The van der Waals surface area contributed by atoms with Gasteiger partial charge >= 0.3 is 0 Å². The Labute approximate surface area is 147 Å². The van der Waals surface area contributed by atoms with Crippen molar-refractivity contribution in [2.24, 2.45) is 0 Å². The molecule has 0 aliphatic heterocycles. The van der Waals surface area contributed by atoms with Gasteiger partial charge in [0, 0.05) is 5.56 Å². The molecule has 0 aromatic heterocycles. The van der Waals surface area contributed by atoms with Crippen LogP contribution < -0.4 is 10.1 Å². The van der Waals surface area contributed by atoms with Gasteiger partial charge in [-0.15, -0.1) is 0 Å². The molecule has 0 spiro atoms. The van der Waals surface area contributed by atoms with E-state index in [1.54, 1.807) is 30.3 Å². The van der Waals surface area contributed by atoms with E-state index < -0.39 is 0 Å². The van der Waals surface area contributed by atoms with Crippen molar-refractivity contribution in [3.05, 3.63) is 90.5 Å². The topological polar surface area (TPSA) is 38.3 Å². The van der Waals surface area contributed by atoms with Crippen LogP contribution in [0.1, 0.15) is 28.9 Å². The summed E-state index contributed by atoms with van der Waals surface area (Å²) >= 11 is 0. The zero-order chi connectivity index (χ0) is 17.6. The molecule has 3 heteroatoms. The molecule has 3 aromatic rings. The van der Waals surface area contributed by atoms with E-state index >= 15 is 0 Å². The van der Waals surface area contributed by atoms with E-state index in [4.69, 9.17) is 4.74 Å². The fourth-order valence-electron chi connectivity index (χ4n) is 2.84. The highest BCUT2D eigenvalue weighted by Crippen LogP contribution is 2.24. The number of hydrogen-bond acceptors (Lipinski definition) is 2. The van der Waals surface area contributed by atoms with Gasteiger partial charge < -0.3 is 10.1 Å². The number of benzene rings is 3. The molecule has 0 heterocycles. The van der Waals surface area contributed by atoms with Gasteiger partial charge in [0.1, 0.15) is 12.4 Å². The van der Waals surface area contributed by atoms with Crippen LogP contribution in [0.25, 0.3) is 10.8 Å². The van der Waals surface area contributed by atoms with Crippen LogP contribution in [0.2, 0.25) is 0 Å². The molecular weight excluding hydrogens is 310 g/mol. The van der Waals surface area contributed by atoms with Crippen LogP contribution in [0.15, 0.2) is 79.4 Å². The van der Waals surface area contributed by atoms with E-state index in [9.17, 15) is 4.79 Å². The molecule has 0 aliphatic carbocycles. The summed E-state index contributed by atoms with van der Waals surface area (Å²) in [5.41, 5.74) is 1.72. The highest BCUT2D eigenvalue weighted by molar-refractivity contribution is 5.95. The summed E-state index contributed by atoms with van der Waals surface area (Å²) in [6, 6.07) is 21.4. The van der Waals surface area contributed by atoms with Crippen molar-refractivity contribution in [2.45, 2.75) is 13.0 Å². The van der Waals surface area contributed by atoms with Crippen molar-refractivity contribution < 1.29 is 9.53 Å². The highest BCUT2D eigenvalue weighted by Gasteiger charge is 2.13. The maximum atomic E-state index is 12.5. The van der Waals surface area contributed by atoms with Crippen LogP contribution in [0.4, 0.5) is 0 Å². The predicted molar refractivity (Wildman–Crippen MR) is 102 cm³/mol. The van der Waals surface area contributed by atoms with E-state index in [0.29, 0.717) is 12.2 Å². The second kappa shape index (κ2) is 7.67. The van der Waals surface area contributed by atoms with Crippen molar-refractivity contribution in [1.29, 1.82) is 0 Å². The van der Waals surface area contributed by atoms with Crippen LogP contribution in [0.3, 0.4) is 0 Å². The summed E-state index contributed by atoms with van der Waals surface area (Å²) in [6.07, 6.45) is 1.69. The zero-order valence-electron chi connectivity index (χ0n) is 14.2. The Balaban J connectivity index is 1.74. The molecule has 1 atom stereocenters. The molecule has 25 heavy (non-hydrogen) atoms. The Kier molecular flexibility index (Phi) is 5.14. The largest absolute Gasteiger partial charge is 0.490 e. The lowest BCUT2D eigenvalue weighted by Gasteiger charge is -2.17. The number of nitrogens with one attached hydrogen (secondary N) is 1. The molecule has 1 unspecified atom stereocenters. The molecular formula is C22H21NO2. The molecule has 1 N–H and O–H groups in total. The number of hydrogen-bond donors (Lipinski definition) is 1. The van der Waals surface area contributed by atoms with Crippen LogP contribution in [0.5, 0.6) is 5.75 Å². The maximum Gasteiger partial charge on any atom is 0.251 e. The summed E-state index contributed by atoms with van der Waals surface area (Å²) < 4.78 is 5.44. The summed E-state index contributed by atoms with van der Waals surface area (Å²) in [7, 11) is 0. The predicted octanol–water partition coefficient (Wildman–Crippen LogP) is 4.90. The number of ether oxygens (including phenoxy) is 1. The molecule has 0 saturated carbocycles. The average molecular weight is 331 g/mol. The zero-order valence-corrected chi connectivity index (χ0v) is 14.2. The second-order valence-electron chi connectivity index (χ2n) is 5.89. The van der Waals surface area contributed by atoms with Crippen LogP contribution in [0, 0.1) is 0 Å². The first-order valence-corrected chi connectivity index (χ1v) is 8.31. The minimum atomic E-state index is -0.101. The molecule has 126 valence electrons. The quantitative estimate of drug-likeness (QED) is 0.653.